The van der Waals surface area contributed by atoms with Crippen molar-refractivity contribution in [2.24, 2.45) is 5.92 Å². The molecule has 0 amide bonds. The van der Waals surface area contributed by atoms with Crippen LogP contribution in [0.5, 0.6) is 0 Å². The average Bonchev–Trinajstić information content (AvgIpc) is 3.01. The van der Waals surface area contributed by atoms with Crippen molar-refractivity contribution in [2.75, 3.05) is 30.3 Å². The van der Waals surface area contributed by atoms with Crippen molar-refractivity contribution in [1.29, 1.82) is 0 Å². The van der Waals surface area contributed by atoms with Gasteiger partial charge in [0.15, 0.2) is 0 Å². The van der Waals surface area contributed by atoms with Crippen LogP contribution in [0.1, 0.15) is 12.8 Å². The van der Waals surface area contributed by atoms with Gasteiger partial charge in [0.2, 0.25) is 5.95 Å². The number of halogens is 3. The molecule has 3 N–H and O–H groups in total. The summed E-state index contributed by atoms with van der Waals surface area (Å²) in [5.74, 6) is 1.83. The van der Waals surface area contributed by atoms with E-state index in [4.69, 9.17) is 28.9 Å². The number of nitrogen functional groups attached to an aromatic ring is 1. The normalized spacial score (nSPS) is 22.4. The molecule has 2 atom stereocenters. The van der Waals surface area contributed by atoms with E-state index >= 15 is 0 Å². The minimum absolute atomic E-state index is 0. The average molecular weight is 401 g/mol. The summed E-state index contributed by atoms with van der Waals surface area (Å²) in [6, 6.07) is 7.99. The number of piperidine rings is 1. The first-order valence-electron chi connectivity index (χ1n) is 8.18. The van der Waals surface area contributed by atoms with Crippen molar-refractivity contribution in [1.82, 2.24) is 15.3 Å². The molecule has 0 unspecified atom stereocenters. The highest BCUT2D eigenvalue weighted by atomic mass is 35.5. The third-order valence-electron chi connectivity index (χ3n) is 4.87. The SMILES string of the molecule is Cl.Nc1nc(-c2ccc(Cl)c(Cl)c2)cc(N2C[C@H]3CCCN[C@H]3C2)n1. The zero-order valence-corrected chi connectivity index (χ0v) is 15.9. The van der Waals surface area contributed by atoms with E-state index in [1.807, 2.05) is 12.1 Å². The highest BCUT2D eigenvalue weighted by molar-refractivity contribution is 6.42. The minimum Gasteiger partial charge on any atom is -0.368 e. The molecule has 0 saturated carbocycles. The molecule has 0 spiro atoms. The standard InChI is InChI=1S/C17H19Cl2N5.ClH/c18-12-4-3-10(6-13(12)19)14-7-16(23-17(20)22-14)24-8-11-2-1-5-21-15(11)9-24;/h3-4,6-7,11,15,21H,1-2,5,8-9H2,(H2,20,22,23);1H/t11-,15+;/m1./s1. The lowest BCUT2D eigenvalue weighted by Crippen LogP contribution is -2.40. The van der Waals surface area contributed by atoms with Gasteiger partial charge in [0.25, 0.3) is 0 Å². The Labute approximate surface area is 163 Å². The second kappa shape index (κ2) is 7.54. The number of nitrogens with zero attached hydrogens (tertiary/aromatic N) is 3. The van der Waals surface area contributed by atoms with Crippen molar-refractivity contribution in [2.45, 2.75) is 18.9 Å². The van der Waals surface area contributed by atoms with Crippen LogP contribution < -0.4 is 16.0 Å². The summed E-state index contributed by atoms with van der Waals surface area (Å²) < 4.78 is 0. The molecule has 0 bridgehead atoms. The van der Waals surface area contributed by atoms with Gasteiger partial charge in [-0.2, -0.15) is 4.98 Å². The van der Waals surface area contributed by atoms with E-state index in [1.165, 1.54) is 12.8 Å². The summed E-state index contributed by atoms with van der Waals surface area (Å²) in [7, 11) is 0. The van der Waals surface area contributed by atoms with Gasteiger partial charge in [-0.3, -0.25) is 0 Å². The number of rotatable bonds is 2. The van der Waals surface area contributed by atoms with Gasteiger partial charge >= 0.3 is 0 Å². The van der Waals surface area contributed by atoms with Crippen LogP contribution in [0.4, 0.5) is 11.8 Å². The summed E-state index contributed by atoms with van der Waals surface area (Å²) in [5, 5.41) is 4.64. The molecule has 1 aromatic carbocycles. The first-order valence-corrected chi connectivity index (χ1v) is 8.94. The van der Waals surface area contributed by atoms with E-state index in [1.54, 1.807) is 12.1 Å². The topological polar surface area (TPSA) is 67.1 Å². The Morgan fingerprint density at radius 1 is 1.12 bits per heavy atom. The smallest absolute Gasteiger partial charge is 0.222 e. The van der Waals surface area contributed by atoms with Crippen LogP contribution in [0.25, 0.3) is 11.3 Å². The minimum atomic E-state index is 0. The molecule has 2 fully saturated rings. The Bertz CT molecular complexity index is 756. The van der Waals surface area contributed by atoms with Crippen LogP contribution in [-0.2, 0) is 0 Å². The zero-order valence-electron chi connectivity index (χ0n) is 13.6. The van der Waals surface area contributed by atoms with Crippen molar-refractivity contribution >= 4 is 47.4 Å². The Hall–Kier alpha value is -1.27. The van der Waals surface area contributed by atoms with E-state index in [9.17, 15) is 0 Å². The predicted molar refractivity (Wildman–Crippen MR) is 106 cm³/mol. The van der Waals surface area contributed by atoms with Crippen LogP contribution in [0.15, 0.2) is 24.3 Å². The quantitative estimate of drug-likeness (QED) is 0.805. The van der Waals surface area contributed by atoms with Gasteiger partial charge < -0.3 is 16.0 Å². The maximum Gasteiger partial charge on any atom is 0.222 e. The molecule has 2 saturated heterocycles. The number of nitrogens with two attached hydrogens (primary N) is 1. The van der Waals surface area contributed by atoms with Crippen molar-refractivity contribution in [3.8, 4) is 11.3 Å². The molecule has 3 heterocycles. The van der Waals surface area contributed by atoms with Crippen LogP contribution in [0, 0.1) is 5.92 Å². The summed E-state index contributed by atoms with van der Waals surface area (Å²) in [5.41, 5.74) is 7.60. The van der Waals surface area contributed by atoms with E-state index in [-0.39, 0.29) is 18.4 Å². The first kappa shape index (κ1) is 18.5. The third kappa shape index (κ3) is 3.80. The zero-order chi connectivity index (χ0) is 16.7. The molecule has 1 aromatic heterocycles. The molecular formula is C17H20Cl3N5. The molecule has 0 radical (unpaired) electrons. The Morgan fingerprint density at radius 2 is 1.96 bits per heavy atom. The van der Waals surface area contributed by atoms with Gasteiger partial charge in [0, 0.05) is 30.8 Å². The van der Waals surface area contributed by atoms with E-state index < -0.39 is 0 Å². The molecule has 2 aromatic rings. The number of anilines is 2. The fraction of sp³-hybridized carbons (Fsp3) is 0.412. The fourth-order valence-corrected chi connectivity index (χ4v) is 3.95. The molecule has 5 nitrogen and oxygen atoms in total. The highest BCUT2D eigenvalue weighted by Crippen LogP contribution is 2.32. The van der Waals surface area contributed by atoms with Gasteiger partial charge in [-0.15, -0.1) is 12.4 Å². The maximum absolute atomic E-state index is 6.13. The highest BCUT2D eigenvalue weighted by Gasteiger charge is 2.35. The van der Waals surface area contributed by atoms with E-state index in [0.29, 0.717) is 22.0 Å². The largest absolute Gasteiger partial charge is 0.368 e. The molecule has 134 valence electrons. The van der Waals surface area contributed by atoms with Crippen molar-refractivity contribution < 1.29 is 0 Å². The van der Waals surface area contributed by atoms with E-state index in [2.05, 4.69) is 20.2 Å². The Kier molecular flexibility index (Phi) is 5.58. The second-order valence-electron chi connectivity index (χ2n) is 6.47. The predicted octanol–water partition coefficient (Wildman–Crippen LogP) is 3.64. The summed E-state index contributed by atoms with van der Waals surface area (Å²) in [4.78, 5) is 11.1. The molecule has 8 heteroatoms. The summed E-state index contributed by atoms with van der Waals surface area (Å²) in [6.07, 6.45) is 2.52. The van der Waals surface area contributed by atoms with E-state index in [0.717, 1.165) is 36.7 Å². The second-order valence-corrected chi connectivity index (χ2v) is 7.28. The van der Waals surface area contributed by atoms with Gasteiger partial charge in [-0.1, -0.05) is 29.3 Å². The molecule has 0 aliphatic carbocycles. The lowest BCUT2D eigenvalue weighted by molar-refractivity contribution is 0.340. The maximum atomic E-state index is 6.13. The van der Waals surface area contributed by atoms with Gasteiger partial charge in [0.1, 0.15) is 5.82 Å². The van der Waals surface area contributed by atoms with Crippen LogP contribution >= 0.6 is 35.6 Å². The first-order chi connectivity index (χ1) is 11.6. The van der Waals surface area contributed by atoms with Crippen molar-refractivity contribution in [3.63, 3.8) is 0 Å². The molecule has 25 heavy (non-hydrogen) atoms. The lowest BCUT2D eigenvalue weighted by Gasteiger charge is -2.24. The van der Waals surface area contributed by atoms with Gasteiger partial charge in [-0.25, -0.2) is 4.98 Å². The van der Waals surface area contributed by atoms with Crippen LogP contribution in [0.2, 0.25) is 10.0 Å². The van der Waals surface area contributed by atoms with Crippen molar-refractivity contribution in [3.05, 3.63) is 34.3 Å². The molecule has 4 rings (SSSR count). The van der Waals surface area contributed by atoms with Gasteiger partial charge in [0.05, 0.1) is 15.7 Å². The number of fused-ring (bicyclic) bond motifs is 1. The third-order valence-corrected chi connectivity index (χ3v) is 5.61. The number of aromatic nitrogens is 2. The Morgan fingerprint density at radius 3 is 2.72 bits per heavy atom. The number of hydrogen-bond acceptors (Lipinski definition) is 5. The monoisotopic (exact) mass is 399 g/mol. The number of nitrogens with one attached hydrogen (secondary N) is 1. The number of benzene rings is 1. The number of hydrogen-bond donors (Lipinski definition) is 2. The fourth-order valence-electron chi connectivity index (χ4n) is 3.65. The lowest BCUT2D eigenvalue weighted by atomic mass is 9.94. The molecular weight excluding hydrogens is 381 g/mol. The van der Waals surface area contributed by atoms with Crippen LogP contribution in [0.3, 0.4) is 0 Å². The Balaban J connectivity index is 0.00000182. The molecule has 2 aliphatic rings. The van der Waals surface area contributed by atoms with Crippen LogP contribution in [-0.4, -0.2) is 35.6 Å². The molecule has 2 aliphatic heterocycles. The summed E-state index contributed by atoms with van der Waals surface area (Å²) >= 11 is 12.1. The summed E-state index contributed by atoms with van der Waals surface area (Å²) in [6.45, 7) is 3.08. The van der Waals surface area contributed by atoms with Gasteiger partial charge in [-0.05, 0) is 37.4 Å².